The Morgan fingerprint density at radius 1 is 1.57 bits per heavy atom. The molecule has 1 aliphatic rings. The Morgan fingerprint density at radius 3 is 2.93 bits per heavy atom. The summed E-state index contributed by atoms with van der Waals surface area (Å²) in [6.45, 7) is 5.42. The summed E-state index contributed by atoms with van der Waals surface area (Å²) < 4.78 is 0. The van der Waals surface area contributed by atoms with E-state index in [1.165, 1.54) is 12.8 Å². The van der Waals surface area contributed by atoms with Crippen LogP contribution in [-0.4, -0.2) is 21.2 Å². The van der Waals surface area contributed by atoms with Crippen LogP contribution in [0, 0.1) is 11.8 Å². The van der Waals surface area contributed by atoms with Gasteiger partial charge in [-0.15, -0.1) is 0 Å². The molecular formula is C10H18N4. The summed E-state index contributed by atoms with van der Waals surface area (Å²) in [5.41, 5.74) is 0. The molecule has 0 unspecified atom stereocenters. The van der Waals surface area contributed by atoms with Crippen molar-refractivity contribution in [1.29, 1.82) is 0 Å². The van der Waals surface area contributed by atoms with Crippen LogP contribution in [0.1, 0.15) is 32.5 Å². The van der Waals surface area contributed by atoms with E-state index in [0.717, 1.165) is 24.2 Å². The molecule has 4 nitrogen and oxygen atoms in total. The molecule has 0 spiro atoms. The van der Waals surface area contributed by atoms with E-state index in [9.17, 15) is 0 Å². The molecule has 0 aliphatic heterocycles. The third-order valence-electron chi connectivity index (χ3n) is 3.14. The van der Waals surface area contributed by atoms with Gasteiger partial charge in [-0.1, -0.05) is 13.8 Å². The molecule has 4 heteroatoms. The predicted molar refractivity (Wildman–Crippen MR) is 54.6 cm³/mol. The molecule has 0 aromatic carbocycles. The summed E-state index contributed by atoms with van der Waals surface area (Å²) >= 11 is 0. The van der Waals surface area contributed by atoms with Crippen molar-refractivity contribution < 1.29 is 0 Å². The first-order chi connectivity index (χ1) is 6.75. The SMILES string of the molecule is CC(C)C1CC(NCc2ncn[nH]2)C1. The Morgan fingerprint density at radius 2 is 2.36 bits per heavy atom. The first-order valence-corrected chi connectivity index (χ1v) is 5.33. The second kappa shape index (κ2) is 4.09. The average molecular weight is 194 g/mol. The van der Waals surface area contributed by atoms with Crippen molar-refractivity contribution in [2.24, 2.45) is 11.8 Å². The third-order valence-corrected chi connectivity index (χ3v) is 3.14. The maximum Gasteiger partial charge on any atom is 0.138 e. The lowest BCUT2D eigenvalue weighted by molar-refractivity contribution is 0.167. The quantitative estimate of drug-likeness (QED) is 0.760. The number of rotatable bonds is 4. The van der Waals surface area contributed by atoms with Gasteiger partial charge in [0.25, 0.3) is 0 Å². The van der Waals surface area contributed by atoms with Gasteiger partial charge in [0.1, 0.15) is 12.2 Å². The van der Waals surface area contributed by atoms with Gasteiger partial charge in [-0.2, -0.15) is 5.10 Å². The van der Waals surface area contributed by atoms with Gasteiger partial charge in [-0.05, 0) is 24.7 Å². The number of H-pyrrole nitrogens is 1. The molecule has 1 aromatic heterocycles. The second-order valence-electron chi connectivity index (χ2n) is 4.49. The van der Waals surface area contributed by atoms with Gasteiger partial charge < -0.3 is 5.32 Å². The monoisotopic (exact) mass is 194 g/mol. The minimum absolute atomic E-state index is 0.688. The lowest BCUT2D eigenvalue weighted by atomic mass is 9.74. The van der Waals surface area contributed by atoms with Gasteiger partial charge in [0.2, 0.25) is 0 Å². The summed E-state index contributed by atoms with van der Waals surface area (Å²) in [7, 11) is 0. The molecule has 0 amide bonds. The van der Waals surface area contributed by atoms with Crippen LogP contribution >= 0.6 is 0 Å². The molecule has 1 aromatic rings. The molecule has 1 fully saturated rings. The van der Waals surface area contributed by atoms with Gasteiger partial charge in [-0.3, -0.25) is 5.10 Å². The Hall–Kier alpha value is -0.900. The number of nitrogens with one attached hydrogen (secondary N) is 2. The van der Waals surface area contributed by atoms with E-state index in [1.54, 1.807) is 6.33 Å². The van der Waals surface area contributed by atoms with E-state index < -0.39 is 0 Å². The number of hydrogen-bond donors (Lipinski definition) is 2. The zero-order chi connectivity index (χ0) is 9.97. The number of aromatic nitrogens is 3. The number of hydrogen-bond acceptors (Lipinski definition) is 3. The lowest BCUT2D eigenvalue weighted by Gasteiger charge is -2.38. The van der Waals surface area contributed by atoms with Crippen molar-refractivity contribution in [3.8, 4) is 0 Å². The van der Waals surface area contributed by atoms with Crippen molar-refractivity contribution in [2.75, 3.05) is 0 Å². The topological polar surface area (TPSA) is 53.6 Å². The van der Waals surface area contributed by atoms with Gasteiger partial charge in [0.15, 0.2) is 0 Å². The van der Waals surface area contributed by atoms with Gasteiger partial charge in [0, 0.05) is 6.04 Å². The van der Waals surface area contributed by atoms with E-state index in [2.05, 4.69) is 34.3 Å². The Labute approximate surface area is 84.5 Å². The highest BCUT2D eigenvalue weighted by Crippen LogP contribution is 2.33. The molecule has 0 atom stereocenters. The molecule has 14 heavy (non-hydrogen) atoms. The predicted octanol–water partition coefficient (Wildman–Crippen LogP) is 1.33. The molecule has 78 valence electrons. The summed E-state index contributed by atoms with van der Waals surface area (Å²) in [5, 5.41) is 10.1. The molecular weight excluding hydrogens is 176 g/mol. The van der Waals surface area contributed by atoms with Crippen molar-refractivity contribution in [3.05, 3.63) is 12.2 Å². The summed E-state index contributed by atoms with van der Waals surface area (Å²) in [6.07, 6.45) is 4.17. The highest BCUT2D eigenvalue weighted by atomic mass is 15.2. The summed E-state index contributed by atoms with van der Waals surface area (Å²) in [5.74, 6) is 2.68. The van der Waals surface area contributed by atoms with Crippen LogP contribution in [0.2, 0.25) is 0 Å². The minimum atomic E-state index is 0.688. The van der Waals surface area contributed by atoms with Crippen LogP contribution in [0.25, 0.3) is 0 Å². The molecule has 2 rings (SSSR count). The van der Waals surface area contributed by atoms with Crippen LogP contribution in [0.5, 0.6) is 0 Å². The van der Waals surface area contributed by atoms with E-state index in [-0.39, 0.29) is 0 Å². The molecule has 1 saturated carbocycles. The van der Waals surface area contributed by atoms with Crippen LogP contribution < -0.4 is 5.32 Å². The zero-order valence-corrected chi connectivity index (χ0v) is 8.83. The van der Waals surface area contributed by atoms with E-state index in [4.69, 9.17) is 0 Å². The fourth-order valence-corrected chi connectivity index (χ4v) is 1.93. The molecule has 0 bridgehead atoms. The van der Waals surface area contributed by atoms with Crippen molar-refractivity contribution in [3.63, 3.8) is 0 Å². The van der Waals surface area contributed by atoms with Crippen LogP contribution in [0.4, 0.5) is 0 Å². The standard InChI is InChI=1S/C10H18N4/c1-7(2)8-3-9(4-8)11-5-10-12-6-13-14-10/h6-9,11H,3-5H2,1-2H3,(H,12,13,14). The third kappa shape index (κ3) is 2.12. The normalized spacial score (nSPS) is 26.5. The lowest BCUT2D eigenvalue weighted by Crippen LogP contribution is -2.42. The van der Waals surface area contributed by atoms with Crippen molar-refractivity contribution in [2.45, 2.75) is 39.3 Å². The smallest absolute Gasteiger partial charge is 0.138 e. The van der Waals surface area contributed by atoms with E-state index in [1.807, 2.05) is 0 Å². The van der Waals surface area contributed by atoms with E-state index in [0.29, 0.717) is 6.04 Å². The Bertz CT molecular complexity index is 262. The van der Waals surface area contributed by atoms with Crippen LogP contribution in [-0.2, 0) is 6.54 Å². The molecule has 0 radical (unpaired) electrons. The molecule has 2 N–H and O–H groups in total. The highest BCUT2D eigenvalue weighted by molar-refractivity contribution is 4.89. The molecule has 0 saturated heterocycles. The van der Waals surface area contributed by atoms with Gasteiger partial charge in [0.05, 0.1) is 6.54 Å². The minimum Gasteiger partial charge on any atom is -0.307 e. The van der Waals surface area contributed by atoms with Crippen molar-refractivity contribution >= 4 is 0 Å². The maximum absolute atomic E-state index is 4.07. The summed E-state index contributed by atoms with van der Waals surface area (Å²) in [6, 6.07) is 0.688. The van der Waals surface area contributed by atoms with Crippen LogP contribution in [0.15, 0.2) is 6.33 Å². The largest absolute Gasteiger partial charge is 0.307 e. The number of nitrogens with zero attached hydrogens (tertiary/aromatic N) is 2. The zero-order valence-electron chi connectivity index (χ0n) is 8.83. The first kappa shape index (κ1) is 9.65. The van der Waals surface area contributed by atoms with Gasteiger partial charge in [-0.25, -0.2) is 4.98 Å². The molecule has 1 aliphatic carbocycles. The van der Waals surface area contributed by atoms with E-state index >= 15 is 0 Å². The average Bonchev–Trinajstić information content (AvgIpc) is 2.52. The van der Waals surface area contributed by atoms with Gasteiger partial charge >= 0.3 is 0 Å². The fraction of sp³-hybridized carbons (Fsp3) is 0.800. The fourth-order valence-electron chi connectivity index (χ4n) is 1.93. The van der Waals surface area contributed by atoms with Crippen LogP contribution in [0.3, 0.4) is 0 Å². The summed E-state index contributed by atoms with van der Waals surface area (Å²) in [4.78, 5) is 4.07. The second-order valence-corrected chi connectivity index (χ2v) is 4.49. The highest BCUT2D eigenvalue weighted by Gasteiger charge is 2.30. The Kier molecular flexibility index (Phi) is 2.82. The Balaban J connectivity index is 1.65. The first-order valence-electron chi connectivity index (χ1n) is 5.33. The maximum atomic E-state index is 4.07. The number of aromatic amines is 1. The molecule has 1 heterocycles. The van der Waals surface area contributed by atoms with Crippen molar-refractivity contribution in [1.82, 2.24) is 20.5 Å².